The van der Waals surface area contributed by atoms with Crippen LogP contribution in [0.15, 0.2) is 18.2 Å². The number of halogens is 1. The van der Waals surface area contributed by atoms with E-state index in [9.17, 15) is 9.18 Å². The Morgan fingerprint density at radius 2 is 2.06 bits per heavy atom. The predicted octanol–water partition coefficient (Wildman–Crippen LogP) is 2.41. The van der Waals surface area contributed by atoms with E-state index in [1.807, 2.05) is 13.0 Å². The fraction of sp³-hybridized carbons (Fsp3) is 0.462. The third-order valence-corrected chi connectivity index (χ3v) is 2.44. The molecular formula is C13H19FN2O. The van der Waals surface area contributed by atoms with Gasteiger partial charge in [-0.25, -0.2) is 4.39 Å². The van der Waals surface area contributed by atoms with Crippen LogP contribution in [-0.4, -0.2) is 31.4 Å². The van der Waals surface area contributed by atoms with Gasteiger partial charge in [-0.3, -0.25) is 4.79 Å². The van der Waals surface area contributed by atoms with Crippen molar-refractivity contribution in [3.63, 3.8) is 0 Å². The number of carbonyl (C=O) groups excluding carboxylic acids is 1. The number of benzene rings is 1. The Hall–Kier alpha value is -1.58. The first-order valence-corrected chi connectivity index (χ1v) is 5.70. The largest absolute Gasteiger partial charge is 0.385 e. The maximum atomic E-state index is 13.1. The highest BCUT2D eigenvalue weighted by Gasteiger charge is 2.03. The van der Waals surface area contributed by atoms with E-state index in [4.69, 9.17) is 0 Å². The van der Waals surface area contributed by atoms with Gasteiger partial charge in [0.15, 0.2) is 0 Å². The van der Waals surface area contributed by atoms with Gasteiger partial charge in [0.1, 0.15) is 5.82 Å². The molecule has 0 bridgehead atoms. The molecule has 3 nitrogen and oxygen atoms in total. The van der Waals surface area contributed by atoms with Crippen LogP contribution in [0.25, 0.3) is 0 Å². The van der Waals surface area contributed by atoms with Crippen molar-refractivity contribution in [2.45, 2.75) is 19.8 Å². The van der Waals surface area contributed by atoms with Crippen LogP contribution in [0.5, 0.6) is 0 Å². The van der Waals surface area contributed by atoms with Crippen LogP contribution in [0.3, 0.4) is 0 Å². The van der Waals surface area contributed by atoms with Crippen molar-refractivity contribution in [2.75, 3.05) is 26.0 Å². The van der Waals surface area contributed by atoms with E-state index in [0.29, 0.717) is 13.0 Å². The second-order valence-corrected chi connectivity index (χ2v) is 4.34. The minimum atomic E-state index is -0.239. The molecule has 4 heteroatoms. The maximum absolute atomic E-state index is 13.1. The first-order valence-electron chi connectivity index (χ1n) is 5.70. The highest BCUT2D eigenvalue weighted by atomic mass is 19.1. The van der Waals surface area contributed by atoms with Gasteiger partial charge in [0.25, 0.3) is 0 Å². The minimum Gasteiger partial charge on any atom is -0.385 e. The van der Waals surface area contributed by atoms with E-state index in [1.165, 1.54) is 12.1 Å². The first kappa shape index (κ1) is 13.5. The summed E-state index contributed by atoms with van der Waals surface area (Å²) in [6.45, 7) is 2.52. The summed E-state index contributed by atoms with van der Waals surface area (Å²) in [6.07, 6.45) is 1.25. The standard InChI is InChI=1S/C13H19FN2O/c1-10-7-11(14)9-12(8-10)15-6-4-5-13(17)16(2)3/h7-9,15H,4-6H2,1-3H3. The number of nitrogens with one attached hydrogen (secondary N) is 1. The lowest BCUT2D eigenvalue weighted by Crippen LogP contribution is -2.22. The van der Waals surface area contributed by atoms with E-state index < -0.39 is 0 Å². The van der Waals surface area contributed by atoms with Crippen LogP contribution in [-0.2, 0) is 4.79 Å². The molecule has 1 aromatic carbocycles. The normalized spacial score (nSPS) is 10.1. The Kier molecular flexibility index (Phi) is 4.94. The second-order valence-electron chi connectivity index (χ2n) is 4.34. The molecule has 1 amide bonds. The molecule has 0 saturated carbocycles. The summed E-state index contributed by atoms with van der Waals surface area (Å²) in [5.41, 5.74) is 1.65. The number of carbonyl (C=O) groups is 1. The molecule has 1 rings (SSSR count). The Balaban J connectivity index is 2.33. The van der Waals surface area contributed by atoms with Gasteiger partial charge in [-0.15, -0.1) is 0 Å². The summed E-state index contributed by atoms with van der Waals surface area (Å²) in [5, 5.41) is 3.11. The third-order valence-electron chi connectivity index (χ3n) is 2.44. The fourth-order valence-electron chi connectivity index (χ4n) is 1.53. The smallest absolute Gasteiger partial charge is 0.222 e. The van der Waals surface area contributed by atoms with Gasteiger partial charge in [0.05, 0.1) is 0 Å². The van der Waals surface area contributed by atoms with Crippen LogP contribution < -0.4 is 5.32 Å². The molecule has 1 N–H and O–H groups in total. The van der Waals surface area contributed by atoms with Crippen LogP contribution in [0, 0.1) is 12.7 Å². The van der Waals surface area contributed by atoms with Gasteiger partial charge in [0, 0.05) is 32.7 Å². The third kappa shape index (κ3) is 4.85. The van der Waals surface area contributed by atoms with E-state index in [0.717, 1.165) is 17.7 Å². The van der Waals surface area contributed by atoms with Gasteiger partial charge >= 0.3 is 0 Å². The van der Waals surface area contributed by atoms with Crippen LogP contribution in [0.2, 0.25) is 0 Å². The summed E-state index contributed by atoms with van der Waals surface area (Å²) in [7, 11) is 3.48. The zero-order valence-electron chi connectivity index (χ0n) is 10.6. The highest BCUT2D eigenvalue weighted by molar-refractivity contribution is 5.75. The van der Waals surface area contributed by atoms with Crippen molar-refractivity contribution in [3.8, 4) is 0 Å². The minimum absolute atomic E-state index is 0.113. The number of hydrogen-bond donors (Lipinski definition) is 1. The Morgan fingerprint density at radius 1 is 1.35 bits per heavy atom. The van der Waals surface area contributed by atoms with Gasteiger partial charge in [-0.2, -0.15) is 0 Å². The van der Waals surface area contributed by atoms with Crippen LogP contribution in [0.1, 0.15) is 18.4 Å². The molecule has 0 atom stereocenters. The molecule has 0 fully saturated rings. The Labute approximate surface area is 102 Å². The maximum Gasteiger partial charge on any atom is 0.222 e. The van der Waals surface area contributed by atoms with Crippen molar-refractivity contribution in [2.24, 2.45) is 0 Å². The van der Waals surface area contributed by atoms with Crippen molar-refractivity contribution in [1.82, 2.24) is 4.90 Å². The van der Waals surface area contributed by atoms with Gasteiger partial charge in [-0.1, -0.05) is 0 Å². The molecule has 94 valence electrons. The summed E-state index contributed by atoms with van der Waals surface area (Å²) in [6, 6.07) is 4.83. The van der Waals surface area contributed by atoms with Gasteiger partial charge in [-0.05, 0) is 37.1 Å². The topological polar surface area (TPSA) is 32.3 Å². The molecule has 0 saturated heterocycles. The molecule has 0 aliphatic heterocycles. The van der Waals surface area contributed by atoms with Crippen molar-refractivity contribution in [1.29, 1.82) is 0 Å². The molecule has 0 aliphatic rings. The van der Waals surface area contributed by atoms with E-state index in [-0.39, 0.29) is 11.7 Å². The van der Waals surface area contributed by atoms with Gasteiger partial charge in [0.2, 0.25) is 5.91 Å². The summed E-state index contributed by atoms with van der Waals surface area (Å²) < 4.78 is 13.1. The Bertz CT molecular complexity index is 371. The monoisotopic (exact) mass is 238 g/mol. The number of nitrogens with zero attached hydrogens (tertiary/aromatic N) is 1. The molecule has 0 heterocycles. The average Bonchev–Trinajstić information content (AvgIpc) is 2.22. The number of hydrogen-bond acceptors (Lipinski definition) is 2. The quantitative estimate of drug-likeness (QED) is 0.799. The molecule has 0 radical (unpaired) electrons. The predicted molar refractivity (Wildman–Crippen MR) is 67.6 cm³/mol. The zero-order valence-corrected chi connectivity index (χ0v) is 10.6. The van der Waals surface area contributed by atoms with Crippen molar-refractivity contribution in [3.05, 3.63) is 29.6 Å². The SMILES string of the molecule is Cc1cc(F)cc(NCCCC(=O)N(C)C)c1. The lowest BCUT2D eigenvalue weighted by atomic mass is 10.2. The van der Waals surface area contributed by atoms with Crippen LogP contribution >= 0.6 is 0 Å². The van der Waals surface area contributed by atoms with Crippen LogP contribution in [0.4, 0.5) is 10.1 Å². The molecule has 0 unspecified atom stereocenters. The van der Waals surface area contributed by atoms with E-state index in [1.54, 1.807) is 19.0 Å². The molecule has 1 aromatic rings. The molecule has 0 aliphatic carbocycles. The fourth-order valence-corrected chi connectivity index (χ4v) is 1.53. The second kappa shape index (κ2) is 6.23. The molecular weight excluding hydrogens is 219 g/mol. The van der Waals surface area contributed by atoms with E-state index >= 15 is 0 Å². The number of anilines is 1. The summed E-state index contributed by atoms with van der Waals surface area (Å²) in [4.78, 5) is 12.9. The highest BCUT2D eigenvalue weighted by Crippen LogP contribution is 2.13. The van der Waals surface area contributed by atoms with Gasteiger partial charge < -0.3 is 10.2 Å². The number of aryl methyl sites for hydroxylation is 1. The summed E-state index contributed by atoms with van der Waals surface area (Å²) in [5.74, 6) is -0.126. The molecule has 0 aromatic heterocycles. The lowest BCUT2D eigenvalue weighted by molar-refractivity contribution is -0.128. The average molecular weight is 238 g/mol. The lowest BCUT2D eigenvalue weighted by Gasteiger charge is -2.11. The number of amides is 1. The first-order chi connectivity index (χ1) is 7.99. The summed E-state index contributed by atoms with van der Waals surface area (Å²) >= 11 is 0. The van der Waals surface area contributed by atoms with Crippen molar-refractivity contribution < 1.29 is 9.18 Å². The Morgan fingerprint density at radius 3 is 2.65 bits per heavy atom. The van der Waals surface area contributed by atoms with E-state index in [2.05, 4.69) is 5.32 Å². The molecule has 17 heavy (non-hydrogen) atoms. The zero-order chi connectivity index (χ0) is 12.8. The molecule has 0 spiro atoms. The number of rotatable bonds is 5. The van der Waals surface area contributed by atoms with Crippen molar-refractivity contribution >= 4 is 11.6 Å².